The minimum atomic E-state index is -3.55. The third-order valence-corrected chi connectivity index (χ3v) is 5.79. The Balaban J connectivity index is 2.28. The highest BCUT2D eigenvalue weighted by molar-refractivity contribution is 9.10. The minimum Gasteiger partial charge on any atom is -0.316 e. The highest BCUT2D eigenvalue weighted by Gasteiger charge is 2.29. The van der Waals surface area contributed by atoms with Gasteiger partial charge in [0.1, 0.15) is 5.82 Å². The molecule has 1 fully saturated rings. The lowest BCUT2D eigenvalue weighted by Crippen LogP contribution is -2.46. The van der Waals surface area contributed by atoms with E-state index in [0.717, 1.165) is 18.9 Å². The molecule has 0 amide bonds. The number of hydrogen-bond acceptors (Lipinski definition) is 3. The number of nitrogens with zero attached hydrogens (tertiary/aromatic N) is 1. The maximum atomic E-state index is 13.2. The highest BCUT2D eigenvalue weighted by atomic mass is 79.9. The molecule has 2 rings (SSSR count). The molecule has 0 radical (unpaired) electrons. The van der Waals surface area contributed by atoms with Gasteiger partial charge in [-0.05, 0) is 54.0 Å². The lowest BCUT2D eigenvalue weighted by atomic mass is 10.1. The zero-order valence-electron chi connectivity index (χ0n) is 10.6. The van der Waals surface area contributed by atoms with E-state index < -0.39 is 15.8 Å². The summed E-state index contributed by atoms with van der Waals surface area (Å²) in [5, 5.41) is 3.10. The molecule has 0 aromatic heterocycles. The molecule has 4 nitrogen and oxygen atoms in total. The quantitative estimate of drug-likeness (QED) is 0.906. The van der Waals surface area contributed by atoms with Crippen molar-refractivity contribution in [1.29, 1.82) is 0 Å². The van der Waals surface area contributed by atoms with Crippen LogP contribution in [-0.2, 0) is 10.0 Å². The Bertz CT molecular complexity index is 565. The molecule has 1 aromatic carbocycles. The van der Waals surface area contributed by atoms with Crippen molar-refractivity contribution in [2.24, 2.45) is 0 Å². The molecule has 7 heteroatoms. The van der Waals surface area contributed by atoms with Gasteiger partial charge in [0.25, 0.3) is 0 Å². The standard InChI is InChI=1S/C12H16BrFN2O2S/c1-15-9-3-2-6-16(8-9)19(17,18)10-4-5-12(14)11(13)7-10/h4-5,7,9,15H,2-3,6,8H2,1H3. The van der Waals surface area contributed by atoms with Gasteiger partial charge in [-0.2, -0.15) is 4.31 Å². The number of sulfonamides is 1. The van der Waals surface area contributed by atoms with Crippen molar-refractivity contribution in [2.45, 2.75) is 23.8 Å². The summed E-state index contributed by atoms with van der Waals surface area (Å²) in [7, 11) is -1.72. The first kappa shape index (κ1) is 14.9. The summed E-state index contributed by atoms with van der Waals surface area (Å²) in [6.45, 7) is 0.962. The monoisotopic (exact) mass is 350 g/mol. The topological polar surface area (TPSA) is 49.4 Å². The Labute approximate surface area is 121 Å². The van der Waals surface area contributed by atoms with E-state index in [1.807, 2.05) is 7.05 Å². The van der Waals surface area contributed by atoms with Gasteiger partial charge in [0.2, 0.25) is 10.0 Å². The van der Waals surface area contributed by atoms with Crippen molar-refractivity contribution in [3.63, 3.8) is 0 Å². The van der Waals surface area contributed by atoms with E-state index in [1.54, 1.807) is 0 Å². The van der Waals surface area contributed by atoms with E-state index in [4.69, 9.17) is 0 Å². The Morgan fingerprint density at radius 3 is 2.84 bits per heavy atom. The van der Waals surface area contributed by atoms with E-state index >= 15 is 0 Å². The third kappa shape index (κ3) is 3.16. The van der Waals surface area contributed by atoms with Gasteiger partial charge in [0.05, 0.1) is 9.37 Å². The molecule has 1 aromatic rings. The molecule has 1 saturated heterocycles. The van der Waals surface area contributed by atoms with Crippen LogP contribution in [0.2, 0.25) is 0 Å². The van der Waals surface area contributed by atoms with Gasteiger partial charge in [-0.15, -0.1) is 0 Å². The first-order valence-corrected chi connectivity index (χ1v) is 8.31. The van der Waals surface area contributed by atoms with Crippen molar-refractivity contribution in [1.82, 2.24) is 9.62 Å². The van der Waals surface area contributed by atoms with Crippen molar-refractivity contribution in [2.75, 3.05) is 20.1 Å². The molecular formula is C12H16BrFN2O2S. The van der Waals surface area contributed by atoms with Crippen LogP contribution in [-0.4, -0.2) is 38.9 Å². The smallest absolute Gasteiger partial charge is 0.243 e. The Morgan fingerprint density at radius 2 is 2.21 bits per heavy atom. The summed E-state index contributed by atoms with van der Waals surface area (Å²) in [5.41, 5.74) is 0. The largest absolute Gasteiger partial charge is 0.316 e. The third-order valence-electron chi connectivity index (χ3n) is 3.32. The number of benzene rings is 1. The fourth-order valence-corrected chi connectivity index (χ4v) is 4.26. The van der Waals surface area contributed by atoms with E-state index in [9.17, 15) is 12.8 Å². The summed E-state index contributed by atoms with van der Waals surface area (Å²) < 4.78 is 39.7. The number of piperidine rings is 1. The molecule has 1 heterocycles. The second kappa shape index (κ2) is 5.87. The maximum absolute atomic E-state index is 13.2. The predicted molar refractivity (Wildman–Crippen MR) is 74.9 cm³/mol. The highest BCUT2D eigenvalue weighted by Crippen LogP contribution is 2.24. The lowest BCUT2D eigenvalue weighted by Gasteiger charge is -2.31. The first-order valence-electron chi connectivity index (χ1n) is 6.07. The van der Waals surface area contributed by atoms with Gasteiger partial charge in [-0.3, -0.25) is 0 Å². The molecule has 0 aliphatic carbocycles. The van der Waals surface area contributed by atoms with E-state index in [-0.39, 0.29) is 15.4 Å². The maximum Gasteiger partial charge on any atom is 0.243 e. The van der Waals surface area contributed by atoms with Crippen LogP contribution in [0.4, 0.5) is 4.39 Å². The van der Waals surface area contributed by atoms with Crippen LogP contribution >= 0.6 is 15.9 Å². The number of halogens is 2. The Kier molecular flexibility index (Phi) is 4.60. The van der Waals surface area contributed by atoms with Crippen LogP contribution in [0.25, 0.3) is 0 Å². The van der Waals surface area contributed by atoms with Gasteiger partial charge >= 0.3 is 0 Å². The Morgan fingerprint density at radius 1 is 1.47 bits per heavy atom. The van der Waals surface area contributed by atoms with Gasteiger partial charge < -0.3 is 5.32 Å². The molecular weight excluding hydrogens is 335 g/mol. The van der Waals surface area contributed by atoms with E-state index in [0.29, 0.717) is 13.1 Å². The molecule has 1 aliphatic rings. The summed E-state index contributed by atoms with van der Waals surface area (Å²) in [6, 6.07) is 3.95. The Hall–Kier alpha value is -0.500. The predicted octanol–water partition coefficient (Wildman–Crippen LogP) is 1.96. The molecule has 0 bridgehead atoms. The van der Waals surface area contributed by atoms with Crippen LogP contribution < -0.4 is 5.32 Å². The summed E-state index contributed by atoms with van der Waals surface area (Å²) in [5.74, 6) is -0.467. The molecule has 1 atom stereocenters. The van der Waals surface area contributed by atoms with Crippen LogP contribution in [0, 0.1) is 5.82 Å². The summed E-state index contributed by atoms with van der Waals surface area (Å²) in [6.07, 6.45) is 1.79. The van der Waals surface area contributed by atoms with Gasteiger partial charge in [-0.1, -0.05) is 0 Å². The second-order valence-electron chi connectivity index (χ2n) is 4.57. The average molecular weight is 351 g/mol. The van der Waals surface area contributed by atoms with Crippen LogP contribution in [0.3, 0.4) is 0 Å². The van der Waals surface area contributed by atoms with Gasteiger partial charge in [0, 0.05) is 19.1 Å². The molecule has 1 N–H and O–H groups in total. The molecule has 19 heavy (non-hydrogen) atoms. The number of nitrogens with one attached hydrogen (secondary N) is 1. The van der Waals surface area contributed by atoms with Crippen molar-refractivity contribution in [3.8, 4) is 0 Å². The number of likely N-dealkylation sites (N-methyl/N-ethyl adjacent to an activating group) is 1. The van der Waals surface area contributed by atoms with Crippen molar-refractivity contribution < 1.29 is 12.8 Å². The summed E-state index contributed by atoms with van der Waals surface area (Å²) in [4.78, 5) is 0.123. The van der Waals surface area contributed by atoms with Crippen molar-refractivity contribution in [3.05, 3.63) is 28.5 Å². The molecule has 1 unspecified atom stereocenters. The van der Waals surface area contributed by atoms with Crippen LogP contribution in [0.1, 0.15) is 12.8 Å². The first-order chi connectivity index (χ1) is 8.95. The molecule has 1 aliphatic heterocycles. The zero-order valence-corrected chi connectivity index (χ0v) is 13.0. The van der Waals surface area contributed by atoms with E-state index in [2.05, 4.69) is 21.2 Å². The van der Waals surface area contributed by atoms with Crippen LogP contribution in [0.5, 0.6) is 0 Å². The van der Waals surface area contributed by atoms with Crippen LogP contribution in [0.15, 0.2) is 27.6 Å². The SMILES string of the molecule is CNC1CCCN(S(=O)(=O)c2ccc(F)c(Br)c2)C1. The van der Waals surface area contributed by atoms with E-state index in [1.165, 1.54) is 16.4 Å². The zero-order chi connectivity index (χ0) is 14.0. The minimum absolute atomic E-state index is 0.123. The normalized spacial score (nSPS) is 21.5. The molecule has 0 saturated carbocycles. The molecule has 106 valence electrons. The summed E-state index contributed by atoms with van der Waals surface area (Å²) >= 11 is 3.02. The number of hydrogen-bond donors (Lipinski definition) is 1. The number of rotatable bonds is 3. The molecule has 0 spiro atoms. The average Bonchev–Trinajstić information content (AvgIpc) is 2.41. The fourth-order valence-electron chi connectivity index (χ4n) is 2.18. The second-order valence-corrected chi connectivity index (χ2v) is 7.36. The van der Waals surface area contributed by atoms with Gasteiger partial charge in [0.15, 0.2) is 0 Å². The van der Waals surface area contributed by atoms with Crippen molar-refractivity contribution >= 4 is 26.0 Å². The lowest BCUT2D eigenvalue weighted by molar-refractivity contribution is 0.293. The fraction of sp³-hybridized carbons (Fsp3) is 0.500. The van der Waals surface area contributed by atoms with Gasteiger partial charge in [-0.25, -0.2) is 12.8 Å².